The van der Waals surface area contributed by atoms with Crippen LogP contribution in [0.1, 0.15) is 53.3 Å². The topological polar surface area (TPSA) is 69.7 Å². The molecule has 0 radical (unpaired) electrons. The maximum Gasteiger partial charge on any atom is 0.266 e. The number of carbonyl (C=O) groups excluding carboxylic acids is 3. The van der Waals surface area contributed by atoms with E-state index in [0.29, 0.717) is 16.8 Å². The van der Waals surface area contributed by atoms with Crippen LogP contribution in [0.5, 0.6) is 0 Å². The zero-order valence-corrected chi connectivity index (χ0v) is 21.6. The highest BCUT2D eigenvalue weighted by atomic mass is 32.2. The van der Waals surface area contributed by atoms with Crippen molar-refractivity contribution >= 4 is 40.9 Å². The summed E-state index contributed by atoms with van der Waals surface area (Å²) in [5, 5.41) is 3.01. The number of nitrogens with zero attached hydrogens (tertiary/aromatic N) is 2. The molecule has 0 aromatic heterocycles. The van der Waals surface area contributed by atoms with E-state index in [9.17, 15) is 14.4 Å². The van der Waals surface area contributed by atoms with Crippen LogP contribution in [0.3, 0.4) is 0 Å². The van der Waals surface area contributed by atoms with Crippen molar-refractivity contribution in [3.63, 3.8) is 0 Å². The standard InChI is InChI=1S/C29H29N3O3S/c1-18-4-5-20(3)26(14-18)32-28(34)23-9-8-22(16-24(23)29(32)35)27(33)30-25-15-21(7-6-19(25)2)17-31-10-12-36-13-11-31/h4-9,14-16H,10-13,17H2,1-3H3,(H,30,33). The SMILES string of the molecule is Cc1ccc(C)c(N2C(=O)c3ccc(C(=O)Nc4cc(CN5CCSCC5)ccc4C)cc3C2=O)c1. The fourth-order valence-corrected chi connectivity index (χ4v) is 5.65. The van der Waals surface area contributed by atoms with Crippen molar-refractivity contribution in [2.45, 2.75) is 27.3 Å². The summed E-state index contributed by atoms with van der Waals surface area (Å²) in [4.78, 5) is 43.2. The molecule has 1 fully saturated rings. The molecular formula is C29H29N3O3S. The van der Waals surface area contributed by atoms with E-state index >= 15 is 0 Å². The first-order chi connectivity index (χ1) is 17.3. The van der Waals surface area contributed by atoms with Crippen molar-refractivity contribution < 1.29 is 14.4 Å². The van der Waals surface area contributed by atoms with Crippen LogP contribution in [-0.4, -0.2) is 47.2 Å². The van der Waals surface area contributed by atoms with Crippen molar-refractivity contribution in [1.29, 1.82) is 0 Å². The summed E-state index contributed by atoms with van der Waals surface area (Å²) < 4.78 is 0. The molecule has 0 aliphatic carbocycles. The average Bonchev–Trinajstić information content (AvgIpc) is 3.12. The smallest absolute Gasteiger partial charge is 0.266 e. The number of benzene rings is 3. The quantitative estimate of drug-likeness (QED) is 0.488. The number of hydrogen-bond donors (Lipinski definition) is 1. The molecule has 184 valence electrons. The van der Waals surface area contributed by atoms with Crippen molar-refractivity contribution in [2.75, 3.05) is 34.8 Å². The van der Waals surface area contributed by atoms with Gasteiger partial charge in [-0.2, -0.15) is 11.8 Å². The lowest BCUT2D eigenvalue weighted by atomic mass is 10.0. The summed E-state index contributed by atoms with van der Waals surface area (Å²) in [5.74, 6) is 1.22. The monoisotopic (exact) mass is 499 g/mol. The van der Waals surface area contributed by atoms with Gasteiger partial charge in [0.2, 0.25) is 0 Å². The van der Waals surface area contributed by atoms with Gasteiger partial charge in [-0.15, -0.1) is 0 Å². The van der Waals surface area contributed by atoms with Gasteiger partial charge in [-0.05, 0) is 73.4 Å². The molecule has 2 aliphatic heterocycles. The summed E-state index contributed by atoms with van der Waals surface area (Å²) >= 11 is 1.98. The van der Waals surface area contributed by atoms with E-state index in [0.717, 1.165) is 59.1 Å². The Morgan fingerprint density at radius 3 is 2.36 bits per heavy atom. The van der Waals surface area contributed by atoms with E-state index in [1.807, 2.05) is 62.9 Å². The van der Waals surface area contributed by atoms with Crippen LogP contribution in [0, 0.1) is 20.8 Å². The Morgan fingerprint density at radius 1 is 0.861 bits per heavy atom. The molecule has 36 heavy (non-hydrogen) atoms. The minimum absolute atomic E-state index is 0.252. The second-order valence-corrected chi connectivity index (χ2v) is 10.7. The number of amides is 3. The largest absolute Gasteiger partial charge is 0.322 e. The van der Waals surface area contributed by atoms with Gasteiger partial charge in [0, 0.05) is 42.4 Å². The molecule has 5 rings (SSSR count). The van der Waals surface area contributed by atoms with Gasteiger partial charge in [0.05, 0.1) is 16.8 Å². The van der Waals surface area contributed by atoms with Crippen LogP contribution in [-0.2, 0) is 6.54 Å². The van der Waals surface area contributed by atoms with Gasteiger partial charge >= 0.3 is 0 Å². The molecule has 0 bridgehead atoms. The Kier molecular flexibility index (Phi) is 6.69. The Hall–Kier alpha value is -3.42. The van der Waals surface area contributed by atoms with Crippen LogP contribution >= 0.6 is 11.8 Å². The molecule has 3 amide bonds. The third-order valence-electron chi connectivity index (χ3n) is 6.81. The van der Waals surface area contributed by atoms with Crippen molar-refractivity contribution in [2.24, 2.45) is 0 Å². The summed E-state index contributed by atoms with van der Waals surface area (Å²) in [7, 11) is 0. The van der Waals surface area contributed by atoms with Gasteiger partial charge in [0.15, 0.2) is 0 Å². The maximum absolute atomic E-state index is 13.3. The number of hydrogen-bond acceptors (Lipinski definition) is 5. The number of thioether (sulfide) groups is 1. The van der Waals surface area contributed by atoms with Crippen LogP contribution in [0.15, 0.2) is 54.6 Å². The van der Waals surface area contributed by atoms with Crippen LogP contribution in [0.4, 0.5) is 11.4 Å². The van der Waals surface area contributed by atoms with E-state index in [2.05, 4.69) is 16.3 Å². The number of carbonyl (C=O) groups is 3. The summed E-state index contributed by atoms with van der Waals surface area (Å²) in [6, 6.07) is 16.5. The van der Waals surface area contributed by atoms with Crippen LogP contribution in [0.2, 0.25) is 0 Å². The minimum Gasteiger partial charge on any atom is -0.322 e. The molecule has 2 aliphatic rings. The van der Waals surface area contributed by atoms with Crippen LogP contribution in [0.25, 0.3) is 0 Å². The Morgan fingerprint density at radius 2 is 1.58 bits per heavy atom. The highest BCUT2D eigenvalue weighted by Crippen LogP contribution is 2.32. The number of aryl methyl sites for hydroxylation is 3. The maximum atomic E-state index is 13.3. The molecule has 0 saturated carbocycles. The first kappa shape index (κ1) is 24.3. The molecule has 7 heteroatoms. The fourth-order valence-electron chi connectivity index (χ4n) is 4.68. The first-order valence-corrected chi connectivity index (χ1v) is 13.3. The van der Waals surface area contributed by atoms with Gasteiger partial charge < -0.3 is 5.32 Å². The van der Waals surface area contributed by atoms with E-state index in [1.165, 1.54) is 11.0 Å². The second-order valence-electron chi connectivity index (χ2n) is 9.49. The predicted molar refractivity (Wildman–Crippen MR) is 145 cm³/mol. The third-order valence-corrected chi connectivity index (χ3v) is 7.76. The van der Waals surface area contributed by atoms with E-state index in [4.69, 9.17) is 0 Å². The lowest BCUT2D eigenvalue weighted by Gasteiger charge is -2.26. The zero-order valence-electron chi connectivity index (χ0n) is 20.8. The summed E-state index contributed by atoms with van der Waals surface area (Å²) in [5.41, 5.74) is 6.16. The van der Waals surface area contributed by atoms with Gasteiger partial charge in [0.1, 0.15) is 0 Å². The number of fused-ring (bicyclic) bond motifs is 1. The van der Waals surface area contributed by atoms with Gasteiger partial charge in [-0.1, -0.05) is 24.3 Å². The molecular weight excluding hydrogens is 470 g/mol. The Balaban J connectivity index is 1.37. The Labute approximate surface area is 215 Å². The molecule has 6 nitrogen and oxygen atoms in total. The number of imide groups is 1. The lowest BCUT2D eigenvalue weighted by Crippen LogP contribution is -2.32. The predicted octanol–water partition coefficient (Wildman–Crippen LogP) is 5.21. The highest BCUT2D eigenvalue weighted by Gasteiger charge is 2.37. The van der Waals surface area contributed by atoms with E-state index in [1.54, 1.807) is 12.1 Å². The lowest BCUT2D eigenvalue weighted by molar-refractivity contribution is 0.0925. The second kappa shape index (κ2) is 9.91. The number of anilines is 2. The Bertz CT molecular complexity index is 1380. The summed E-state index contributed by atoms with van der Waals surface area (Å²) in [6.07, 6.45) is 0. The zero-order chi connectivity index (χ0) is 25.4. The van der Waals surface area contributed by atoms with Gasteiger partial charge in [0.25, 0.3) is 17.7 Å². The normalized spacial score (nSPS) is 15.8. The molecule has 0 unspecified atom stereocenters. The van der Waals surface area contributed by atoms with Gasteiger partial charge in [-0.25, -0.2) is 4.90 Å². The first-order valence-electron chi connectivity index (χ1n) is 12.1. The molecule has 0 atom stereocenters. The number of nitrogens with one attached hydrogen (secondary N) is 1. The number of rotatable bonds is 5. The van der Waals surface area contributed by atoms with E-state index < -0.39 is 5.91 Å². The molecule has 2 heterocycles. The molecule has 3 aromatic carbocycles. The van der Waals surface area contributed by atoms with E-state index in [-0.39, 0.29) is 17.4 Å². The molecule has 3 aromatic rings. The van der Waals surface area contributed by atoms with Crippen LogP contribution < -0.4 is 10.2 Å². The molecule has 1 saturated heterocycles. The molecule has 0 spiro atoms. The molecule has 1 N–H and O–H groups in total. The summed E-state index contributed by atoms with van der Waals surface area (Å²) in [6.45, 7) is 8.75. The van der Waals surface area contributed by atoms with Crippen molar-refractivity contribution in [3.05, 3.63) is 93.5 Å². The fraction of sp³-hybridized carbons (Fsp3) is 0.276. The van der Waals surface area contributed by atoms with Crippen molar-refractivity contribution in [3.8, 4) is 0 Å². The third kappa shape index (κ3) is 4.68. The minimum atomic E-state index is -0.406. The average molecular weight is 500 g/mol. The highest BCUT2D eigenvalue weighted by molar-refractivity contribution is 7.99. The van der Waals surface area contributed by atoms with Gasteiger partial charge in [-0.3, -0.25) is 19.3 Å². The van der Waals surface area contributed by atoms with Crippen molar-refractivity contribution in [1.82, 2.24) is 4.90 Å².